The largest absolute Gasteiger partial charge is 0.290 e. The first-order valence-electron chi connectivity index (χ1n) is 6.53. The Bertz CT molecular complexity index is 886. The molecule has 3 aromatic rings. The van der Waals surface area contributed by atoms with Gasteiger partial charge < -0.3 is 0 Å². The standard InChI is InChI=1S/C16H12ClN3O2/c17-13-7-3-1-6-11(13)16(22)20-9-12(15(21)19-18)10-5-2-4-8-14(10)20/h1-9H,18H2,(H,19,21). The van der Waals surface area contributed by atoms with Crippen LogP contribution in [0.4, 0.5) is 0 Å². The van der Waals surface area contributed by atoms with Gasteiger partial charge in [0.05, 0.1) is 21.7 Å². The van der Waals surface area contributed by atoms with E-state index in [1.54, 1.807) is 48.5 Å². The molecule has 1 amide bonds. The smallest absolute Gasteiger partial charge is 0.267 e. The Morgan fingerprint density at radius 2 is 1.68 bits per heavy atom. The molecule has 0 aliphatic heterocycles. The van der Waals surface area contributed by atoms with Crippen LogP contribution in [-0.4, -0.2) is 16.4 Å². The first kappa shape index (κ1) is 14.3. The quantitative estimate of drug-likeness (QED) is 0.434. The lowest BCUT2D eigenvalue weighted by atomic mass is 10.1. The van der Waals surface area contributed by atoms with E-state index in [9.17, 15) is 9.59 Å². The number of nitrogens with zero attached hydrogens (tertiary/aromatic N) is 1. The molecule has 0 saturated carbocycles. The summed E-state index contributed by atoms with van der Waals surface area (Å²) in [6, 6.07) is 13.9. The zero-order valence-corrected chi connectivity index (χ0v) is 12.2. The molecule has 5 nitrogen and oxygen atoms in total. The van der Waals surface area contributed by atoms with Gasteiger partial charge in [-0.15, -0.1) is 0 Å². The Hall–Kier alpha value is -2.63. The number of benzene rings is 2. The molecule has 0 spiro atoms. The summed E-state index contributed by atoms with van der Waals surface area (Å²) >= 11 is 6.08. The number of hydrazine groups is 1. The zero-order chi connectivity index (χ0) is 15.7. The van der Waals surface area contributed by atoms with E-state index in [1.165, 1.54) is 10.8 Å². The van der Waals surface area contributed by atoms with Crippen molar-refractivity contribution in [2.24, 2.45) is 5.84 Å². The van der Waals surface area contributed by atoms with Crippen molar-refractivity contribution in [2.75, 3.05) is 0 Å². The van der Waals surface area contributed by atoms with Crippen molar-refractivity contribution < 1.29 is 9.59 Å². The molecule has 2 aromatic carbocycles. The molecule has 6 heteroatoms. The van der Waals surface area contributed by atoms with E-state index in [0.29, 0.717) is 27.1 Å². The number of nitrogens with two attached hydrogens (primary N) is 1. The minimum atomic E-state index is -0.457. The zero-order valence-electron chi connectivity index (χ0n) is 11.4. The van der Waals surface area contributed by atoms with Gasteiger partial charge in [0, 0.05) is 11.6 Å². The van der Waals surface area contributed by atoms with Crippen molar-refractivity contribution in [2.45, 2.75) is 0 Å². The summed E-state index contributed by atoms with van der Waals surface area (Å²) in [5.41, 5.74) is 3.40. The number of para-hydroxylation sites is 1. The Kier molecular flexibility index (Phi) is 3.66. The lowest BCUT2D eigenvalue weighted by Crippen LogP contribution is -2.29. The fraction of sp³-hybridized carbons (Fsp3) is 0. The van der Waals surface area contributed by atoms with Gasteiger partial charge in [-0.05, 0) is 18.2 Å². The van der Waals surface area contributed by atoms with Crippen LogP contribution in [0.1, 0.15) is 20.7 Å². The van der Waals surface area contributed by atoms with E-state index in [1.807, 2.05) is 0 Å². The normalized spacial score (nSPS) is 10.6. The SMILES string of the molecule is NNC(=O)c1cn(C(=O)c2ccccc2Cl)c2ccccc12. The third-order valence-electron chi connectivity index (χ3n) is 3.41. The van der Waals surface area contributed by atoms with Crippen LogP contribution in [0.3, 0.4) is 0 Å². The Balaban J connectivity index is 2.22. The maximum atomic E-state index is 12.7. The highest BCUT2D eigenvalue weighted by Crippen LogP contribution is 2.24. The van der Waals surface area contributed by atoms with Crippen molar-refractivity contribution >= 4 is 34.3 Å². The number of nitrogens with one attached hydrogen (secondary N) is 1. The number of fused-ring (bicyclic) bond motifs is 1. The number of hydrogen-bond donors (Lipinski definition) is 2. The van der Waals surface area contributed by atoms with Crippen molar-refractivity contribution in [3.05, 3.63) is 70.9 Å². The third kappa shape index (κ3) is 2.26. The molecule has 1 heterocycles. The summed E-state index contributed by atoms with van der Waals surface area (Å²) in [7, 11) is 0. The number of nitrogen functional groups attached to an aromatic ring is 1. The number of aromatic nitrogens is 1. The number of halogens is 1. The highest BCUT2D eigenvalue weighted by Gasteiger charge is 2.19. The number of carbonyl (C=O) groups is 2. The lowest BCUT2D eigenvalue weighted by molar-refractivity contribution is 0.0955. The van der Waals surface area contributed by atoms with Crippen LogP contribution < -0.4 is 11.3 Å². The van der Waals surface area contributed by atoms with E-state index in [2.05, 4.69) is 5.43 Å². The first-order chi connectivity index (χ1) is 10.6. The molecule has 3 rings (SSSR count). The van der Waals surface area contributed by atoms with E-state index < -0.39 is 5.91 Å². The maximum absolute atomic E-state index is 12.7. The average molecular weight is 314 g/mol. The first-order valence-corrected chi connectivity index (χ1v) is 6.91. The van der Waals surface area contributed by atoms with Crippen LogP contribution in [-0.2, 0) is 0 Å². The molecule has 0 bridgehead atoms. The van der Waals surface area contributed by atoms with Gasteiger partial charge in [-0.1, -0.05) is 41.9 Å². The molecule has 110 valence electrons. The number of rotatable bonds is 2. The van der Waals surface area contributed by atoms with Crippen LogP contribution in [0.5, 0.6) is 0 Å². The molecule has 0 radical (unpaired) electrons. The van der Waals surface area contributed by atoms with Gasteiger partial charge in [-0.25, -0.2) is 5.84 Å². The van der Waals surface area contributed by atoms with Gasteiger partial charge >= 0.3 is 0 Å². The molecule has 0 unspecified atom stereocenters. The highest BCUT2D eigenvalue weighted by molar-refractivity contribution is 6.34. The van der Waals surface area contributed by atoms with Crippen molar-refractivity contribution in [1.82, 2.24) is 9.99 Å². The molecule has 0 saturated heterocycles. The summed E-state index contributed by atoms with van der Waals surface area (Å²) in [5.74, 6) is 4.44. The summed E-state index contributed by atoms with van der Waals surface area (Å²) in [6.07, 6.45) is 1.47. The second-order valence-electron chi connectivity index (χ2n) is 4.69. The van der Waals surface area contributed by atoms with Crippen LogP contribution in [0.2, 0.25) is 5.02 Å². The molecule has 0 aliphatic rings. The van der Waals surface area contributed by atoms with Gasteiger partial charge in [-0.3, -0.25) is 19.6 Å². The minimum Gasteiger partial charge on any atom is -0.290 e. The van der Waals surface area contributed by atoms with E-state index in [0.717, 1.165) is 0 Å². The highest BCUT2D eigenvalue weighted by atomic mass is 35.5. The van der Waals surface area contributed by atoms with Crippen LogP contribution in [0, 0.1) is 0 Å². The van der Waals surface area contributed by atoms with Crippen molar-refractivity contribution in [3.63, 3.8) is 0 Å². The molecular formula is C16H12ClN3O2. The van der Waals surface area contributed by atoms with Gasteiger partial charge in [0.15, 0.2) is 0 Å². The predicted molar refractivity (Wildman–Crippen MR) is 84.8 cm³/mol. The second-order valence-corrected chi connectivity index (χ2v) is 5.10. The molecule has 0 aliphatic carbocycles. The van der Waals surface area contributed by atoms with Crippen LogP contribution in [0.25, 0.3) is 10.9 Å². The van der Waals surface area contributed by atoms with Gasteiger partial charge in [0.2, 0.25) is 0 Å². The minimum absolute atomic E-state index is 0.308. The molecule has 3 N–H and O–H groups in total. The number of hydrogen-bond acceptors (Lipinski definition) is 3. The summed E-state index contributed by atoms with van der Waals surface area (Å²) < 4.78 is 1.40. The molecule has 22 heavy (non-hydrogen) atoms. The molecule has 0 fully saturated rings. The number of carbonyl (C=O) groups excluding carboxylic acids is 2. The topological polar surface area (TPSA) is 77.1 Å². The fourth-order valence-corrected chi connectivity index (χ4v) is 2.59. The Morgan fingerprint density at radius 1 is 1.00 bits per heavy atom. The maximum Gasteiger partial charge on any atom is 0.267 e. The van der Waals surface area contributed by atoms with Gasteiger partial charge in [0.1, 0.15) is 0 Å². The lowest BCUT2D eigenvalue weighted by Gasteiger charge is -2.05. The van der Waals surface area contributed by atoms with E-state index in [-0.39, 0.29) is 5.91 Å². The second kappa shape index (κ2) is 5.63. The number of amides is 1. The van der Waals surface area contributed by atoms with Crippen LogP contribution in [0.15, 0.2) is 54.7 Å². The van der Waals surface area contributed by atoms with E-state index >= 15 is 0 Å². The summed E-state index contributed by atoms with van der Waals surface area (Å²) in [4.78, 5) is 24.6. The van der Waals surface area contributed by atoms with Gasteiger partial charge in [0.25, 0.3) is 11.8 Å². The predicted octanol–water partition coefficient (Wildman–Crippen LogP) is 2.59. The fourth-order valence-electron chi connectivity index (χ4n) is 2.37. The van der Waals surface area contributed by atoms with E-state index in [4.69, 9.17) is 17.4 Å². The Morgan fingerprint density at radius 3 is 2.41 bits per heavy atom. The molecule has 1 aromatic heterocycles. The third-order valence-corrected chi connectivity index (χ3v) is 3.74. The monoisotopic (exact) mass is 313 g/mol. The summed E-state index contributed by atoms with van der Waals surface area (Å²) in [5, 5.41) is 1.00. The average Bonchev–Trinajstić information content (AvgIpc) is 2.94. The molecular weight excluding hydrogens is 302 g/mol. The van der Waals surface area contributed by atoms with Gasteiger partial charge in [-0.2, -0.15) is 0 Å². The van der Waals surface area contributed by atoms with Crippen molar-refractivity contribution in [3.8, 4) is 0 Å². The molecule has 0 atom stereocenters. The van der Waals surface area contributed by atoms with Crippen LogP contribution >= 0.6 is 11.6 Å². The Labute approximate surface area is 131 Å². The van der Waals surface area contributed by atoms with Crippen molar-refractivity contribution in [1.29, 1.82) is 0 Å². The summed E-state index contributed by atoms with van der Waals surface area (Å²) in [6.45, 7) is 0.